The molecule has 0 radical (unpaired) electrons. The van der Waals surface area contributed by atoms with Crippen molar-refractivity contribution in [1.29, 1.82) is 0 Å². The first-order valence-corrected chi connectivity index (χ1v) is 6.07. The summed E-state index contributed by atoms with van der Waals surface area (Å²) < 4.78 is 11.0. The van der Waals surface area contributed by atoms with Gasteiger partial charge in [0.05, 0.1) is 19.8 Å². The molecule has 0 fully saturated rings. The van der Waals surface area contributed by atoms with Gasteiger partial charge in [0.25, 0.3) is 5.56 Å². The van der Waals surface area contributed by atoms with Gasteiger partial charge in [-0.15, -0.1) is 0 Å². The van der Waals surface area contributed by atoms with E-state index in [1.807, 2.05) is 0 Å². The van der Waals surface area contributed by atoms with Crippen molar-refractivity contribution in [3.8, 4) is 0 Å². The lowest BCUT2D eigenvalue weighted by Gasteiger charge is -2.15. The van der Waals surface area contributed by atoms with Gasteiger partial charge >= 0.3 is 11.7 Å². The molecule has 1 heterocycles. The first kappa shape index (κ1) is 16.1. The molecule has 0 aliphatic heterocycles. The fourth-order valence-electron chi connectivity index (χ4n) is 1.51. The van der Waals surface area contributed by atoms with Crippen LogP contribution < -0.4 is 11.2 Å². The number of esters is 1. The van der Waals surface area contributed by atoms with Crippen molar-refractivity contribution in [3.05, 3.63) is 32.6 Å². The molecule has 0 amide bonds. The summed E-state index contributed by atoms with van der Waals surface area (Å²) in [4.78, 5) is 35.8. The number of carbonyl (C=O) groups is 1. The van der Waals surface area contributed by atoms with Crippen molar-refractivity contribution >= 4 is 5.97 Å². The molecule has 8 heteroatoms. The summed E-state index contributed by atoms with van der Waals surface area (Å²) in [7, 11) is 1.28. The van der Waals surface area contributed by atoms with Crippen LogP contribution in [-0.2, 0) is 21.0 Å². The summed E-state index contributed by atoms with van der Waals surface area (Å²) >= 11 is 0. The number of nitrogens with one attached hydrogen (secondary N) is 1. The number of H-pyrrole nitrogens is 1. The fourth-order valence-corrected chi connectivity index (χ4v) is 1.51. The molecule has 0 aromatic carbocycles. The zero-order valence-electron chi connectivity index (χ0n) is 11.4. The third kappa shape index (κ3) is 4.63. The Hall–Kier alpha value is -1.93. The number of hydrogen-bond acceptors (Lipinski definition) is 6. The normalized spacial score (nSPS) is 12.2. The largest absolute Gasteiger partial charge is 0.469 e. The molecule has 2 N–H and O–H groups in total. The molecule has 20 heavy (non-hydrogen) atoms. The van der Waals surface area contributed by atoms with Crippen LogP contribution in [0.5, 0.6) is 0 Å². The highest BCUT2D eigenvalue weighted by Crippen LogP contribution is 2.04. The van der Waals surface area contributed by atoms with Crippen molar-refractivity contribution in [1.82, 2.24) is 9.55 Å². The lowest BCUT2D eigenvalue weighted by atomic mass is 10.2. The summed E-state index contributed by atoms with van der Waals surface area (Å²) in [6.07, 6.45) is 1.17. The second-order valence-corrected chi connectivity index (χ2v) is 4.26. The molecular formula is C12H18N2O6. The summed E-state index contributed by atoms with van der Waals surface area (Å²) in [5.74, 6) is -0.399. The summed E-state index contributed by atoms with van der Waals surface area (Å²) in [5, 5.41) is 9.14. The molecule has 1 aromatic rings. The second kappa shape index (κ2) is 7.61. The average Bonchev–Trinajstić information content (AvgIpc) is 2.43. The molecule has 1 rings (SSSR count). The Bertz CT molecular complexity index is 562. The predicted octanol–water partition coefficient (Wildman–Crippen LogP) is -0.867. The number of methoxy groups -OCH3 is 1. The number of carbonyl (C=O) groups excluding carboxylic acids is 1. The Kier molecular flexibility index (Phi) is 6.13. The van der Waals surface area contributed by atoms with E-state index in [4.69, 9.17) is 9.84 Å². The minimum absolute atomic E-state index is 0.112. The van der Waals surface area contributed by atoms with Crippen LogP contribution in [0, 0.1) is 6.92 Å². The van der Waals surface area contributed by atoms with Gasteiger partial charge in [0.1, 0.15) is 6.73 Å². The summed E-state index contributed by atoms with van der Waals surface area (Å²) in [6, 6.07) is 0. The highest BCUT2D eigenvalue weighted by atomic mass is 16.5. The third-order valence-electron chi connectivity index (χ3n) is 2.74. The molecule has 1 aromatic heterocycles. The number of ether oxygens (including phenoxy) is 2. The Morgan fingerprint density at radius 2 is 2.20 bits per heavy atom. The van der Waals surface area contributed by atoms with E-state index in [0.717, 1.165) is 0 Å². The van der Waals surface area contributed by atoms with E-state index in [1.54, 1.807) is 6.92 Å². The Morgan fingerprint density at radius 1 is 1.50 bits per heavy atom. The maximum absolute atomic E-state index is 11.5. The second-order valence-electron chi connectivity index (χ2n) is 4.26. The lowest BCUT2D eigenvalue weighted by molar-refractivity contribution is -0.141. The Balaban J connectivity index is 2.60. The molecule has 0 bridgehead atoms. The van der Waals surface area contributed by atoms with Gasteiger partial charge in [-0.05, 0) is 13.3 Å². The van der Waals surface area contributed by atoms with Crippen LogP contribution in [0.25, 0.3) is 0 Å². The molecule has 0 saturated heterocycles. The third-order valence-corrected chi connectivity index (χ3v) is 2.74. The number of aromatic amines is 1. The maximum Gasteiger partial charge on any atom is 0.330 e. The molecular weight excluding hydrogens is 268 g/mol. The molecule has 0 aliphatic rings. The van der Waals surface area contributed by atoms with Crippen LogP contribution in [0.1, 0.15) is 18.4 Å². The maximum atomic E-state index is 11.5. The molecule has 0 aliphatic carbocycles. The van der Waals surface area contributed by atoms with Crippen molar-refractivity contribution in [3.63, 3.8) is 0 Å². The monoisotopic (exact) mass is 286 g/mol. The van der Waals surface area contributed by atoms with Crippen molar-refractivity contribution in [2.24, 2.45) is 0 Å². The van der Waals surface area contributed by atoms with Crippen molar-refractivity contribution in [2.45, 2.75) is 32.6 Å². The van der Waals surface area contributed by atoms with Gasteiger partial charge in [-0.3, -0.25) is 19.1 Å². The molecule has 112 valence electrons. The van der Waals surface area contributed by atoms with Crippen LogP contribution in [0.3, 0.4) is 0 Å². The fraction of sp³-hybridized carbons (Fsp3) is 0.583. The van der Waals surface area contributed by atoms with Crippen molar-refractivity contribution in [2.75, 3.05) is 13.7 Å². The number of nitrogens with zero attached hydrogens (tertiary/aromatic N) is 1. The minimum atomic E-state index is -0.592. The SMILES string of the molecule is COC(=O)CCC(CO)OCn1cc(C)c(=O)[nH]c1=O. The lowest BCUT2D eigenvalue weighted by Crippen LogP contribution is -2.33. The molecule has 8 nitrogen and oxygen atoms in total. The molecule has 0 spiro atoms. The number of rotatable bonds is 7. The topological polar surface area (TPSA) is 111 Å². The van der Waals surface area contributed by atoms with E-state index in [-0.39, 0.29) is 26.2 Å². The quantitative estimate of drug-likeness (QED) is 0.631. The van der Waals surface area contributed by atoms with E-state index in [2.05, 4.69) is 9.72 Å². The number of aliphatic hydroxyl groups excluding tert-OH is 1. The van der Waals surface area contributed by atoms with Crippen LogP contribution in [0.2, 0.25) is 0 Å². The van der Waals surface area contributed by atoms with Gasteiger partial charge in [0.15, 0.2) is 0 Å². The highest BCUT2D eigenvalue weighted by molar-refractivity contribution is 5.69. The predicted molar refractivity (Wildman–Crippen MR) is 69.3 cm³/mol. The van der Waals surface area contributed by atoms with Crippen molar-refractivity contribution < 1.29 is 19.4 Å². The molecule has 1 atom stereocenters. The molecule has 0 saturated carbocycles. The van der Waals surface area contributed by atoms with Crippen LogP contribution in [-0.4, -0.2) is 40.4 Å². The highest BCUT2D eigenvalue weighted by Gasteiger charge is 2.12. The molecule has 1 unspecified atom stereocenters. The summed E-state index contributed by atoms with van der Waals surface area (Å²) in [6.45, 7) is 1.16. The summed E-state index contributed by atoms with van der Waals surface area (Å²) in [5.41, 5.74) is -0.663. The smallest absolute Gasteiger partial charge is 0.330 e. The van der Waals surface area contributed by atoms with Crippen LogP contribution in [0.4, 0.5) is 0 Å². The Labute approximate surface area is 115 Å². The van der Waals surface area contributed by atoms with E-state index in [1.165, 1.54) is 17.9 Å². The van der Waals surface area contributed by atoms with Gasteiger partial charge in [-0.2, -0.15) is 0 Å². The first-order chi connectivity index (χ1) is 9.47. The standard InChI is InChI=1S/C12H18N2O6/c1-8-5-14(12(18)13-11(8)17)7-20-9(6-15)3-4-10(16)19-2/h5,9,15H,3-4,6-7H2,1-2H3,(H,13,17,18). The Morgan fingerprint density at radius 3 is 2.80 bits per heavy atom. The van der Waals surface area contributed by atoms with E-state index >= 15 is 0 Å². The number of aliphatic hydroxyl groups is 1. The van der Waals surface area contributed by atoms with Gasteiger partial charge in [-0.1, -0.05) is 0 Å². The minimum Gasteiger partial charge on any atom is -0.469 e. The van der Waals surface area contributed by atoms with Gasteiger partial charge in [-0.25, -0.2) is 4.79 Å². The number of aryl methyl sites for hydroxylation is 1. The van der Waals surface area contributed by atoms with Gasteiger partial charge in [0.2, 0.25) is 0 Å². The zero-order valence-corrected chi connectivity index (χ0v) is 11.4. The zero-order chi connectivity index (χ0) is 15.1. The first-order valence-electron chi connectivity index (χ1n) is 6.07. The van der Waals surface area contributed by atoms with E-state index in [0.29, 0.717) is 5.56 Å². The van der Waals surface area contributed by atoms with Gasteiger partial charge < -0.3 is 14.6 Å². The van der Waals surface area contributed by atoms with E-state index < -0.39 is 23.3 Å². The van der Waals surface area contributed by atoms with E-state index in [9.17, 15) is 14.4 Å². The number of aromatic nitrogens is 2. The average molecular weight is 286 g/mol. The number of hydrogen-bond donors (Lipinski definition) is 2. The van der Waals surface area contributed by atoms with Crippen LogP contribution >= 0.6 is 0 Å². The van der Waals surface area contributed by atoms with Crippen LogP contribution in [0.15, 0.2) is 15.8 Å². The van der Waals surface area contributed by atoms with Gasteiger partial charge in [0, 0.05) is 18.2 Å².